The minimum atomic E-state index is 0.0211. The van der Waals surface area contributed by atoms with E-state index < -0.39 is 0 Å². The lowest BCUT2D eigenvalue weighted by atomic mass is 9.86. The van der Waals surface area contributed by atoms with Gasteiger partial charge in [-0.15, -0.1) is 0 Å². The molecule has 1 aromatic heterocycles. The molecule has 0 saturated carbocycles. The molecule has 4 nitrogen and oxygen atoms in total. The van der Waals surface area contributed by atoms with Crippen LogP contribution in [0.4, 0.5) is 0 Å². The highest BCUT2D eigenvalue weighted by molar-refractivity contribution is 6.30. The van der Waals surface area contributed by atoms with Crippen LogP contribution in [0.15, 0.2) is 72.9 Å². The van der Waals surface area contributed by atoms with Gasteiger partial charge in [0, 0.05) is 40.8 Å². The number of aromatic nitrogens is 1. The second-order valence-corrected chi connectivity index (χ2v) is 10.1. The topological polar surface area (TPSA) is 45.3 Å². The van der Waals surface area contributed by atoms with Gasteiger partial charge in [-0.3, -0.25) is 4.79 Å². The second kappa shape index (κ2) is 9.94. The number of hydrogen-bond acceptors (Lipinski definition) is 2. The Morgan fingerprint density at radius 3 is 2.35 bits per heavy atom. The van der Waals surface area contributed by atoms with Crippen molar-refractivity contribution in [2.24, 2.45) is 0 Å². The summed E-state index contributed by atoms with van der Waals surface area (Å²) in [5.41, 5.74) is 5.21. The summed E-state index contributed by atoms with van der Waals surface area (Å²) in [6.07, 6.45) is 2.75. The third-order valence-corrected chi connectivity index (χ3v) is 6.45. The van der Waals surface area contributed by atoms with Gasteiger partial charge in [0.2, 0.25) is 0 Å². The molecule has 4 rings (SSSR count). The lowest BCUT2D eigenvalue weighted by molar-refractivity contribution is 0.0745. The summed E-state index contributed by atoms with van der Waals surface area (Å²) in [6.45, 7) is 7.63. The number of aromatic amines is 1. The van der Waals surface area contributed by atoms with E-state index in [0.717, 1.165) is 34.2 Å². The quantitative estimate of drug-likeness (QED) is 0.313. The summed E-state index contributed by atoms with van der Waals surface area (Å²) in [5, 5.41) is 1.81. The highest BCUT2D eigenvalue weighted by atomic mass is 35.5. The fourth-order valence-corrected chi connectivity index (χ4v) is 4.23. The Morgan fingerprint density at radius 1 is 1.00 bits per heavy atom. The first-order chi connectivity index (χ1) is 16.2. The summed E-state index contributed by atoms with van der Waals surface area (Å²) in [5.74, 6) is 0.842. The molecule has 176 valence electrons. The molecule has 4 aromatic rings. The molecule has 0 bridgehead atoms. The number of halogens is 1. The molecular weight excluding hydrogens is 444 g/mol. The fourth-order valence-electron chi connectivity index (χ4n) is 4.10. The van der Waals surface area contributed by atoms with E-state index in [0.29, 0.717) is 23.7 Å². The monoisotopic (exact) mass is 474 g/mol. The molecule has 0 saturated heterocycles. The third kappa shape index (κ3) is 5.45. The standard InChI is InChI=1S/C29H31ClN2O2/c1-29(2,3)23-9-7-21(8-10-23)28(33)32(19-20-5-11-24(30)12-6-20)16-15-22-18-31-27-14-13-25(34-4)17-26(22)27/h5-14,17-18,31H,15-16,19H2,1-4H3. The molecule has 0 unspecified atom stereocenters. The maximum absolute atomic E-state index is 13.6. The lowest BCUT2D eigenvalue weighted by Crippen LogP contribution is -2.32. The molecular formula is C29H31ClN2O2. The van der Waals surface area contributed by atoms with Crippen molar-refractivity contribution in [2.75, 3.05) is 13.7 Å². The van der Waals surface area contributed by atoms with Crippen LogP contribution in [-0.2, 0) is 18.4 Å². The molecule has 1 N–H and O–H groups in total. The number of nitrogens with one attached hydrogen (secondary N) is 1. The number of ether oxygens (including phenoxy) is 1. The first-order valence-corrected chi connectivity index (χ1v) is 11.9. The number of benzene rings is 3. The second-order valence-electron chi connectivity index (χ2n) is 9.66. The number of carbonyl (C=O) groups is 1. The van der Waals surface area contributed by atoms with Gasteiger partial charge >= 0.3 is 0 Å². The van der Waals surface area contributed by atoms with Crippen molar-refractivity contribution in [3.8, 4) is 5.75 Å². The van der Waals surface area contributed by atoms with Gasteiger partial charge in [0.15, 0.2) is 0 Å². The Hall–Kier alpha value is -3.24. The first-order valence-electron chi connectivity index (χ1n) is 11.5. The van der Waals surface area contributed by atoms with Crippen molar-refractivity contribution in [3.63, 3.8) is 0 Å². The molecule has 0 aliphatic rings. The Bertz CT molecular complexity index is 1270. The molecule has 0 spiro atoms. The van der Waals surface area contributed by atoms with Crippen LogP contribution >= 0.6 is 11.6 Å². The molecule has 5 heteroatoms. The minimum Gasteiger partial charge on any atom is -0.497 e. The zero-order valence-corrected chi connectivity index (χ0v) is 20.9. The molecule has 1 heterocycles. The highest BCUT2D eigenvalue weighted by Crippen LogP contribution is 2.25. The predicted molar refractivity (Wildman–Crippen MR) is 140 cm³/mol. The van der Waals surface area contributed by atoms with Gasteiger partial charge in [0.1, 0.15) is 5.75 Å². The Kier molecular flexibility index (Phi) is 6.99. The molecule has 0 fully saturated rings. The normalized spacial score (nSPS) is 11.6. The van der Waals surface area contributed by atoms with Crippen LogP contribution in [0, 0.1) is 0 Å². The number of rotatable bonds is 7. The van der Waals surface area contributed by atoms with Crippen molar-refractivity contribution in [1.82, 2.24) is 9.88 Å². The molecule has 34 heavy (non-hydrogen) atoms. The molecule has 0 radical (unpaired) electrons. The van der Waals surface area contributed by atoms with E-state index in [1.807, 2.05) is 65.7 Å². The van der Waals surface area contributed by atoms with Gasteiger partial charge in [0.05, 0.1) is 7.11 Å². The van der Waals surface area contributed by atoms with E-state index in [9.17, 15) is 4.79 Å². The van der Waals surface area contributed by atoms with Gasteiger partial charge in [-0.05, 0) is 71.0 Å². The number of amides is 1. The van der Waals surface area contributed by atoms with E-state index in [2.05, 4.69) is 37.9 Å². The highest BCUT2D eigenvalue weighted by Gasteiger charge is 2.19. The summed E-state index contributed by atoms with van der Waals surface area (Å²) in [7, 11) is 1.67. The van der Waals surface area contributed by atoms with E-state index in [1.165, 1.54) is 5.56 Å². The van der Waals surface area contributed by atoms with E-state index in [1.54, 1.807) is 7.11 Å². The summed E-state index contributed by atoms with van der Waals surface area (Å²) in [6, 6.07) is 21.7. The van der Waals surface area contributed by atoms with Crippen LogP contribution in [0.5, 0.6) is 5.75 Å². The largest absolute Gasteiger partial charge is 0.497 e. The van der Waals surface area contributed by atoms with Crippen LogP contribution in [0.25, 0.3) is 10.9 Å². The lowest BCUT2D eigenvalue weighted by Gasteiger charge is -2.24. The van der Waals surface area contributed by atoms with Crippen LogP contribution in [0.3, 0.4) is 0 Å². The average Bonchev–Trinajstić information content (AvgIpc) is 3.24. The van der Waals surface area contributed by atoms with Crippen molar-refractivity contribution < 1.29 is 9.53 Å². The zero-order valence-electron chi connectivity index (χ0n) is 20.2. The summed E-state index contributed by atoms with van der Waals surface area (Å²) in [4.78, 5) is 18.8. The predicted octanol–water partition coefficient (Wildman–Crippen LogP) is 7.01. The van der Waals surface area contributed by atoms with Gasteiger partial charge < -0.3 is 14.6 Å². The minimum absolute atomic E-state index is 0.0211. The van der Waals surface area contributed by atoms with E-state index in [4.69, 9.17) is 16.3 Å². The Morgan fingerprint density at radius 2 is 1.71 bits per heavy atom. The number of nitrogens with zero attached hydrogens (tertiary/aromatic N) is 1. The number of carbonyl (C=O) groups excluding carboxylic acids is 1. The van der Waals surface area contributed by atoms with Crippen molar-refractivity contribution in [3.05, 3.63) is 100 Å². The van der Waals surface area contributed by atoms with E-state index in [-0.39, 0.29) is 11.3 Å². The Balaban J connectivity index is 1.59. The van der Waals surface area contributed by atoms with Crippen molar-refractivity contribution in [2.45, 2.75) is 39.2 Å². The van der Waals surface area contributed by atoms with Crippen molar-refractivity contribution in [1.29, 1.82) is 0 Å². The number of fused-ring (bicyclic) bond motifs is 1. The Labute approximate surface area is 206 Å². The van der Waals surface area contributed by atoms with Gasteiger partial charge in [-0.1, -0.05) is 56.6 Å². The zero-order chi connectivity index (χ0) is 24.3. The summed E-state index contributed by atoms with van der Waals surface area (Å²) < 4.78 is 5.40. The number of methoxy groups -OCH3 is 1. The molecule has 0 atom stereocenters. The van der Waals surface area contributed by atoms with Crippen LogP contribution in [0.1, 0.15) is 47.8 Å². The SMILES string of the molecule is COc1ccc2[nH]cc(CCN(Cc3ccc(Cl)cc3)C(=O)c3ccc(C(C)(C)C)cc3)c2c1. The number of H-pyrrole nitrogens is 1. The third-order valence-electron chi connectivity index (χ3n) is 6.20. The van der Waals surface area contributed by atoms with E-state index >= 15 is 0 Å². The van der Waals surface area contributed by atoms with Gasteiger partial charge in [-0.2, -0.15) is 0 Å². The van der Waals surface area contributed by atoms with Gasteiger partial charge in [-0.25, -0.2) is 0 Å². The van der Waals surface area contributed by atoms with Crippen LogP contribution < -0.4 is 4.74 Å². The van der Waals surface area contributed by atoms with Gasteiger partial charge in [0.25, 0.3) is 5.91 Å². The van der Waals surface area contributed by atoms with Crippen LogP contribution in [-0.4, -0.2) is 29.4 Å². The molecule has 0 aliphatic carbocycles. The molecule has 0 aliphatic heterocycles. The molecule has 3 aromatic carbocycles. The van der Waals surface area contributed by atoms with Crippen LogP contribution in [0.2, 0.25) is 5.02 Å². The first kappa shape index (κ1) is 23.9. The average molecular weight is 475 g/mol. The summed E-state index contributed by atoms with van der Waals surface area (Å²) >= 11 is 6.07. The van der Waals surface area contributed by atoms with Crippen molar-refractivity contribution >= 4 is 28.4 Å². The maximum Gasteiger partial charge on any atom is 0.254 e. The molecule has 1 amide bonds. The number of hydrogen-bond donors (Lipinski definition) is 1. The maximum atomic E-state index is 13.6. The fraction of sp³-hybridized carbons (Fsp3) is 0.276. The smallest absolute Gasteiger partial charge is 0.254 e.